The predicted molar refractivity (Wildman–Crippen MR) is 111 cm³/mol. The second-order valence-electron chi connectivity index (χ2n) is 7.33. The molecule has 2 aromatic rings. The van der Waals surface area contributed by atoms with E-state index in [1.165, 1.54) is 66.2 Å². The van der Waals surface area contributed by atoms with Crippen molar-refractivity contribution in [3.05, 3.63) is 71.1 Å². The Labute approximate surface area is 157 Å². The largest absolute Gasteiger partial charge is 0.385 e. The summed E-state index contributed by atoms with van der Waals surface area (Å²) in [6, 6.07) is 17.6. The maximum absolute atomic E-state index is 3.75. The number of likely N-dealkylation sites (tertiary alicyclic amines) is 1. The number of benzene rings is 2. The number of rotatable bonds is 5. The Kier molecular flexibility index (Phi) is 5.14. The van der Waals surface area contributed by atoms with Crippen LogP contribution in [-0.4, -0.2) is 24.5 Å². The lowest BCUT2D eigenvalue weighted by atomic mass is 9.91. The second-order valence-corrected chi connectivity index (χ2v) is 7.33. The van der Waals surface area contributed by atoms with Crippen molar-refractivity contribution in [1.29, 1.82) is 0 Å². The van der Waals surface area contributed by atoms with Gasteiger partial charge in [0.25, 0.3) is 0 Å². The fourth-order valence-corrected chi connectivity index (χ4v) is 4.11. The summed E-state index contributed by atoms with van der Waals surface area (Å²) in [6.45, 7) is 5.47. The fraction of sp³-hybridized carbons (Fsp3) is 0.391. The van der Waals surface area contributed by atoms with Gasteiger partial charge in [-0.15, -0.1) is 0 Å². The number of hydrogen-bond acceptors (Lipinski definition) is 3. The first kappa shape index (κ1) is 17.0. The number of nitrogens with zero attached hydrogens (tertiary/aromatic N) is 1. The molecule has 136 valence electrons. The number of anilines is 2. The third kappa shape index (κ3) is 3.72. The van der Waals surface area contributed by atoms with E-state index >= 15 is 0 Å². The van der Waals surface area contributed by atoms with E-state index in [9.17, 15) is 0 Å². The molecule has 3 nitrogen and oxygen atoms in total. The first-order valence-corrected chi connectivity index (χ1v) is 9.98. The van der Waals surface area contributed by atoms with Crippen molar-refractivity contribution in [2.45, 2.75) is 39.0 Å². The van der Waals surface area contributed by atoms with E-state index in [2.05, 4.69) is 71.0 Å². The highest BCUT2D eigenvalue weighted by Gasteiger charge is 2.23. The van der Waals surface area contributed by atoms with Crippen LogP contribution in [0.5, 0.6) is 0 Å². The van der Waals surface area contributed by atoms with Gasteiger partial charge in [0, 0.05) is 55.2 Å². The molecule has 0 aromatic heterocycles. The molecule has 3 heteroatoms. The van der Waals surface area contributed by atoms with Crippen LogP contribution in [0.15, 0.2) is 59.9 Å². The van der Waals surface area contributed by atoms with E-state index in [1.54, 1.807) is 0 Å². The van der Waals surface area contributed by atoms with Gasteiger partial charge in [0.15, 0.2) is 0 Å². The van der Waals surface area contributed by atoms with Crippen LogP contribution >= 0.6 is 0 Å². The van der Waals surface area contributed by atoms with Gasteiger partial charge in [-0.2, -0.15) is 0 Å². The van der Waals surface area contributed by atoms with Gasteiger partial charge in [0.1, 0.15) is 0 Å². The third-order valence-electron chi connectivity index (χ3n) is 5.49. The number of piperidine rings is 1. The number of nitrogens with one attached hydrogen (secondary N) is 2. The standard InChI is InChI=1S/C23H29N3/c1-2-24-20-10-12-21(13-11-20)25-22-16-18-8-4-5-9-19(18)17-23(22)26-14-6-3-7-15-26/h4-5,8-13,24-25H,2-3,6-7,14-17H2,1H3. The van der Waals surface area contributed by atoms with Crippen LogP contribution in [0, 0.1) is 0 Å². The Balaban J connectivity index is 1.61. The minimum Gasteiger partial charge on any atom is -0.385 e. The van der Waals surface area contributed by atoms with E-state index in [1.807, 2.05) is 0 Å². The zero-order chi connectivity index (χ0) is 17.8. The highest BCUT2D eigenvalue weighted by atomic mass is 15.2. The summed E-state index contributed by atoms with van der Waals surface area (Å²) in [5.74, 6) is 0. The Bertz CT molecular complexity index is 770. The topological polar surface area (TPSA) is 27.3 Å². The van der Waals surface area contributed by atoms with Gasteiger partial charge in [0.05, 0.1) is 0 Å². The normalized spacial score (nSPS) is 17.0. The molecule has 0 saturated carbocycles. The molecule has 0 radical (unpaired) electrons. The van der Waals surface area contributed by atoms with E-state index in [0.29, 0.717) is 0 Å². The second kappa shape index (κ2) is 7.86. The van der Waals surface area contributed by atoms with Crippen molar-refractivity contribution in [3.8, 4) is 0 Å². The van der Waals surface area contributed by atoms with Crippen LogP contribution in [0.1, 0.15) is 37.3 Å². The molecule has 1 saturated heterocycles. The lowest BCUT2D eigenvalue weighted by Crippen LogP contribution is -2.34. The predicted octanol–water partition coefficient (Wildman–Crippen LogP) is 5.03. The first-order valence-electron chi connectivity index (χ1n) is 9.98. The molecule has 0 amide bonds. The Morgan fingerprint density at radius 2 is 1.46 bits per heavy atom. The van der Waals surface area contributed by atoms with Gasteiger partial charge in [-0.1, -0.05) is 24.3 Å². The van der Waals surface area contributed by atoms with Crippen LogP contribution in [-0.2, 0) is 12.8 Å². The highest BCUT2D eigenvalue weighted by molar-refractivity contribution is 5.57. The summed E-state index contributed by atoms with van der Waals surface area (Å²) in [5.41, 5.74) is 8.18. The summed E-state index contributed by atoms with van der Waals surface area (Å²) < 4.78 is 0. The van der Waals surface area contributed by atoms with Gasteiger partial charge < -0.3 is 15.5 Å². The summed E-state index contributed by atoms with van der Waals surface area (Å²) in [6.07, 6.45) is 6.05. The van der Waals surface area contributed by atoms with Gasteiger partial charge in [-0.3, -0.25) is 0 Å². The fourth-order valence-electron chi connectivity index (χ4n) is 4.11. The van der Waals surface area contributed by atoms with Crippen LogP contribution in [0.3, 0.4) is 0 Å². The van der Waals surface area contributed by atoms with Crippen molar-refractivity contribution in [2.24, 2.45) is 0 Å². The molecule has 0 bridgehead atoms. The van der Waals surface area contributed by atoms with Crippen LogP contribution in [0.4, 0.5) is 11.4 Å². The molecule has 2 N–H and O–H groups in total. The molecule has 1 aliphatic carbocycles. The molecule has 2 aliphatic rings. The molecule has 0 spiro atoms. The lowest BCUT2D eigenvalue weighted by molar-refractivity contribution is 0.276. The molecular formula is C23H29N3. The molecule has 1 heterocycles. The van der Waals surface area contributed by atoms with E-state index in [0.717, 1.165) is 19.4 Å². The van der Waals surface area contributed by atoms with E-state index in [-0.39, 0.29) is 0 Å². The zero-order valence-corrected chi connectivity index (χ0v) is 15.7. The minimum atomic E-state index is 0.952. The molecule has 1 fully saturated rings. The smallest absolute Gasteiger partial charge is 0.0393 e. The van der Waals surface area contributed by atoms with Crippen molar-refractivity contribution in [2.75, 3.05) is 30.3 Å². The zero-order valence-electron chi connectivity index (χ0n) is 15.7. The Hall–Kier alpha value is -2.42. The molecule has 4 rings (SSSR count). The lowest BCUT2D eigenvalue weighted by Gasteiger charge is -2.36. The molecule has 2 aromatic carbocycles. The summed E-state index contributed by atoms with van der Waals surface area (Å²) in [7, 11) is 0. The highest BCUT2D eigenvalue weighted by Crippen LogP contribution is 2.31. The Morgan fingerprint density at radius 1 is 0.808 bits per heavy atom. The monoisotopic (exact) mass is 347 g/mol. The van der Waals surface area contributed by atoms with E-state index < -0.39 is 0 Å². The van der Waals surface area contributed by atoms with Gasteiger partial charge >= 0.3 is 0 Å². The van der Waals surface area contributed by atoms with Crippen LogP contribution < -0.4 is 10.6 Å². The number of hydrogen-bond donors (Lipinski definition) is 2. The third-order valence-corrected chi connectivity index (χ3v) is 5.49. The van der Waals surface area contributed by atoms with Gasteiger partial charge in [0.2, 0.25) is 0 Å². The molecular weight excluding hydrogens is 318 g/mol. The molecule has 1 aliphatic heterocycles. The minimum absolute atomic E-state index is 0.952. The van der Waals surface area contributed by atoms with Crippen molar-refractivity contribution in [1.82, 2.24) is 4.90 Å². The number of fused-ring (bicyclic) bond motifs is 1. The summed E-state index contributed by atoms with van der Waals surface area (Å²) in [4.78, 5) is 2.62. The van der Waals surface area contributed by atoms with Crippen molar-refractivity contribution < 1.29 is 0 Å². The average molecular weight is 348 g/mol. The molecule has 0 atom stereocenters. The van der Waals surface area contributed by atoms with Crippen LogP contribution in [0.25, 0.3) is 0 Å². The Morgan fingerprint density at radius 3 is 2.15 bits per heavy atom. The summed E-state index contributed by atoms with van der Waals surface area (Å²) >= 11 is 0. The molecule has 26 heavy (non-hydrogen) atoms. The summed E-state index contributed by atoms with van der Waals surface area (Å²) in [5, 5.41) is 7.11. The van der Waals surface area contributed by atoms with Gasteiger partial charge in [-0.05, 0) is 61.6 Å². The number of allylic oxidation sites excluding steroid dienone is 2. The molecule has 0 unspecified atom stereocenters. The van der Waals surface area contributed by atoms with E-state index in [4.69, 9.17) is 0 Å². The first-order chi connectivity index (χ1) is 12.8. The SMILES string of the molecule is CCNc1ccc(NC2=C(N3CCCCC3)Cc3ccccc3C2)cc1. The maximum Gasteiger partial charge on any atom is 0.0393 e. The quantitative estimate of drug-likeness (QED) is 0.794. The average Bonchev–Trinajstić information content (AvgIpc) is 2.70. The maximum atomic E-state index is 3.75. The van der Waals surface area contributed by atoms with Crippen LogP contribution in [0.2, 0.25) is 0 Å². The van der Waals surface area contributed by atoms with Crippen molar-refractivity contribution in [3.63, 3.8) is 0 Å². The van der Waals surface area contributed by atoms with Crippen molar-refractivity contribution >= 4 is 11.4 Å². The van der Waals surface area contributed by atoms with Gasteiger partial charge in [-0.25, -0.2) is 0 Å².